The zero-order chi connectivity index (χ0) is 21.6. The van der Waals surface area contributed by atoms with Crippen LogP contribution in [0.3, 0.4) is 0 Å². The monoisotopic (exact) mass is 441 g/mol. The van der Waals surface area contributed by atoms with Gasteiger partial charge in [0.15, 0.2) is 4.80 Å². The quantitative estimate of drug-likeness (QED) is 0.431. The molecule has 4 aliphatic carbocycles. The smallest absolute Gasteiger partial charge is 0.236 e. The van der Waals surface area contributed by atoms with Crippen molar-refractivity contribution >= 4 is 17.3 Å². The molecule has 1 saturated heterocycles. The summed E-state index contributed by atoms with van der Waals surface area (Å²) in [5, 5.41) is 13.1. The summed E-state index contributed by atoms with van der Waals surface area (Å²) >= 11 is 1.71. The van der Waals surface area contributed by atoms with E-state index in [2.05, 4.69) is 41.8 Å². The third-order valence-corrected chi connectivity index (χ3v) is 9.10. The Balaban J connectivity index is 1.46. The van der Waals surface area contributed by atoms with Gasteiger partial charge < -0.3 is 14.6 Å². The normalized spacial score (nSPS) is 35.5. The average Bonchev–Trinajstić information content (AvgIpc) is 3.31. The van der Waals surface area contributed by atoms with Crippen molar-refractivity contribution in [3.05, 3.63) is 15.9 Å². The third kappa shape index (κ3) is 4.47. The number of ether oxygens (including phenoxy) is 1. The van der Waals surface area contributed by atoms with E-state index in [4.69, 9.17) is 9.73 Å². The fraction of sp³-hybridized carbons (Fsp3) is 0.792. The van der Waals surface area contributed by atoms with Gasteiger partial charge in [-0.05, 0) is 74.5 Å². The predicted octanol–water partition coefficient (Wildman–Crippen LogP) is 4.32. The molecule has 0 radical (unpaired) electrons. The van der Waals surface area contributed by atoms with Gasteiger partial charge in [0.2, 0.25) is 12.2 Å². The van der Waals surface area contributed by atoms with E-state index in [1.165, 1.54) is 43.4 Å². The first-order valence-electron chi connectivity index (χ1n) is 11.9. The van der Waals surface area contributed by atoms with E-state index in [9.17, 15) is 5.26 Å². The number of hydrogen-bond donors (Lipinski definition) is 1. The molecule has 5 aliphatic rings. The van der Waals surface area contributed by atoms with Crippen molar-refractivity contribution in [1.29, 1.82) is 5.26 Å². The summed E-state index contributed by atoms with van der Waals surface area (Å²) in [6, 6.07) is 0. The van der Waals surface area contributed by atoms with E-state index < -0.39 is 0 Å². The lowest BCUT2D eigenvalue weighted by Gasteiger charge is -2.56. The molecule has 5 fully saturated rings. The van der Waals surface area contributed by atoms with Crippen LogP contribution >= 0.6 is 11.3 Å². The predicted molar refractivity (Wildman–Crippen MR) is 123 cm³/mol. The Bertz CT molecular complexity index is 919. The molecule has 0 spiro atoms. The second-order valence-corrected chi connectivity index (χ2v) is 12.4. The minimum Gasteiger partial charge on any atom is -0.376 e. The second-order valence-electron chi connectivity index (χ2n) is 11.4. The van der Waals surface area contributed by atoms with Crippen LogP contribution < -0.4 is 10.1 Å². The van der Waals surface area contributed by atoms with Crippen LogP contribution in [0.5, 0.6) is 0 Å². The van der Waals surface area contributed by atoms with E-state index in [-0.39, 0.29) is 17.1 Å². The van der Waals surface area contributed by atoms with Gasteiger partial charge in [0.05, 0.1) is 12.6 Å². The summed E-state index contributed by atoms with van der Waals surface area (Å²) < 4.78 is 8.11. The first kappa shape index (κ1) is 21.2. The molecule has 168 valence electrons. The van der Waals surface area contributed by atoms with E-state index in [0.29, 0.717) is 5.96 Å². The Morgan fingerprint density at radius 3 is 2.48 bits per heavy atom. The van der Waals surface area contributed by atoms with Crippen molar-refractivity contribution in [1.82, 2.24) is 9.88 Å². The molecule has 6 nitrogen and oxygen atoms in total. The van der Waals surface area contributed by atoms with Crippen LogP contribution in [0.25, 0.3) is 0 Å². The van der Waals surface area contributed by atoms with E-state index in [1.54, 1.807) is 11.3 Å². The molecule has 0 unspecified atom stereocenters. The van der Waals surface area contributed by atoms with Gasteiger partial charge in [0.1, 0.15) is 0 Å². The van der Waals surface area contributed by atoms with E-state index in [0.717, 1.165) is 48.5 Å². The Hall–Kier alpha value is -1.65. The zero-order valence-electron chi connectivity index (χ0n) is 19.1. The lowest BCUT2D eigenvalue weighted by Crippen LogP contribution is -2.59. The minimum absolute atomic E-state index is 0.0522. The summed E-state index contributed by atoms with van der Waals surface area (Å²) in [5.74, 6) is 3.00. The van der Waals surface area contributed by atoms with Gasteiger partial charge in [0, 0.05) is 23.2 Å². The van der Waals surface area contributed by atoms with E-state index >= 15 is 0 Å². The first-order valence-corrected chi connectivity index (χ1v) is 12.8. The molecule has 1 atom stereocenters. The Morgan fingerprint density at radius 2 is 1.94 bits per heavy atom. The highest BCUT2D eigenvalue weighted by Crippen LogP contribution is 2.55. The Morgan fingerprint density at radius 1 is 1.26 bits per heavy atom. The minimum atomic E-state index is 0.0522. The molecule has 2 heterocycles. The van der Waals surface area contributed by atoms with Crippen LogP contribution in [-0.4, -0.2) is 28.8 Å². The van der Waals surface area contributed by atoms with Crippen LogP contribution in [0.1, 0.15) is 77.0 Å². The van der Waals surface area contributed by atoms with Crippen molar-refractivity contribution in [3.63, 3.8) is 0 Å². The lowest BCUT2D eigenvalue weighted by molar-refractivity contribution is -0.0102. The molecule has 1 aromatic heterocycles. The lowest BCUT2D eigenvalue weighted by atomic mass is 9.53. The number of rotatable bonds is 3. The highest BCUT2D eigenvalue weighted by atomic mass is 32.1. The zero-order valence-corrected chi connectivity index (χ0v) is 19.9. The van der Waals surface area contributed by atoms with Crippen LogP contribution in [-0.2, 0) is 16.7 Å². The summed E-state index contributed by atoms with van der Waals surface area (Å²) in [5.41, 5.74) is 0.133. The largest absolute Gasteiger partial charge is 0.376 e. The van der Waals surface area contributed by atoms with Crippen LogP contribution in [0.2, 0.25) is 0 Å². The van der Waals surface area contributed by atoms with Gasteiger partial charge in [-0.15, -0.1) is 16.3 Å². The van der Waals surface area contributed by atoms with Gasteiger partial charge in [-0.3, -0.25) is 0 Å². The number of guanidine groups is 1. The number of aliphatic imine (C=N–C) groups is 1. The third-order valence-electron chi connectivity index (χ3n) is 7.66. The molecular weight excluding hydrogens is 406 g/mol. The van der Waals surface area contributed by atoms with Crippen LogP contribution in [0.15, 0.2) is 16.2 Å². The fourth-order valence-electron chi connectivity index (χ4n) is 6.67. The molecule has 7 heteroatoms. The molecule has 6 rings (SSSR count). The highest BCUT2D eigenvalue weighted by molar-refractivity contribution is 7.09. The Kier molecular flexibility index (Phi) is 5.50. The topological polar surface area (TPSA) is 74.7 Å². The fourth-order valence-corrected chi connectivity index (χ4v) is 7.73. The molecule has 0 amide bonds. The van der Waals surface area contributed by atoms with Crippen LogP contribution in [0.4, 0.5) is 0 Å². The molecular formula is C24H35N5OS. The highest BCUT2D eigenvalue weighted by Gasteiger charge is 2.51. The van der Waals surface area contributed by atoms with Crippen molar-refractivity contribution in [2.75, 3.05) is 6.61 Å². The van der Waals surface area contributed by atoms with Crippen molar-refractivity contribution in [2.24, 2.45) is 27.7 Å². The molecule has 4 saturated carbocycles. The summed E-state index contributed by atoms with van der Waals surface area (Å²) in [7, 11) is 0. The summed E-state index contributed by atoms with van der Waals surface area (Å²) in [6.45, 7) is 8.36. The molecule has 4 bridgehead atoms. The SMILES string of the molecule is CC(C)(C)c1cn(C[C@H]2CCCO2)/c(=N/C(=NC#N)NC23CC4CC(CC(C4)C2)C3)s1. The molecule has 31 heavy (non-hydrogen) atoms. The van der Waals surface area contributed by atoms with Gasteiger partial charge in [-0.2, -0.15) is 10.3 Å². The number of hydrogen-bond acceptors (Lipinski definition) is 4. The van der Waals surface area contributed by atoms with Crippen molar-refractivity contribution in [2.45, 2.75) is 95.7 Å². The number of nitriles is 1. The average molecular weight is 442 g/mol. The number of nitrogens with zero attached hydrogens (tertiary/aromatic N) is 4. The van der Waals surface area contributed by atoms with Gasteiger partial charge >= 0.3 is 0 Å². The standard InChI is InChI=1S/C24H35N5OS/c1-23(2,3)20-14-29(13-19-5-4-6-30-19)22(31-20)27-21(26-15-25)28-24-10-16-7-17(11-24)9-18(8-16)12-24/h14,16-19H,4-13H2,1-3H3,(H,26,28)/b27-22-/t16?,17?,18?,19-,24?/m1/s1. The van der Waals surface area contributed by atoms with Crippen LogP contribution in [0, 0.1) is 29.2 Å². The first-order chi connectivity index (χ1) is 14.8. The number of aromatic nitrogens is 1. The molecule has 1 aliphatic heterocycles. The number of nitrogens with one attached hydrogen (secondary N) is 1. The number of thiazole rings is 1. The maximum atomic E-state index is 9.40. The summed E-state index contributed by atoms with van der Waals surface area (Å²) in [6.07, 6.45) is 14.5. The van der Waals surface area contributed by atoms with Crippen molar-refractivity contribution < 1.29 is 4.74 Å². The Labute approximate surface area is 189 Å². The van der Waals surface area contributed by atoms with E-state index in [1.807, 2.05) is 6.19 Å². The molecule has 0 aromatic carbocycles. The van der Waals surface area contributed by atoms with Crippen molar-refractivity contribution in [3.8, 4) is 6.19 Å². The second kappa shape index (κ2) is 8.04. The van der Waals surface area contributed by atoms with Gasteiger partial charge in [0.25, 0.3) is 0 Å². The maximum Gasteiger partial charge on any atom is 0.236 e. The van der Waals surface area contributed by atoms with Gasteiger partial charge in [-0.1, -0.05) is 20.8 Å². The molecule has 1 aromatic rings. The van der Waals surface area contributed by atoms with Gasteiger partial charge in [-0.25, -0.2) is 0 Å². The molecule has 1 N–H and O–H groups in total. The summed E-state index contributed by atoms with van der Waals surface area (Å²) in [4.78, 5) is 11.3. The maximum absolute atomic E-state index is 9.40.